The number of rotatable bonds is 4. The molecule has 28 heavy (non-hydrogen) atoms. The SMILES string of the molecule is Cn1c2c(c(=O)[nH]c1=S)C(c1ccc(OCc3ccccc3)cc1)CC(=O)N2. The summed E-state index contributed by atoms with van der Waals surface area (Å²) in [4.78, 5) is 27.4. The van der Waals surface area contributed by atoms with E-state index in [0.717, 1.165) is 16.9 Å². The highest BCUT2D eigenvalue weighted by Gasteiger charge is 2.31. The van der Waals surface area contributed by atoms with Gasteiger partial charge in [-0.25, -0.2) is 0 Å². The van der Waals surface area contributed by atoms with E-state index < -0.39 is 0 Å². The largest absolute Gasteiger partial charge is 0.489 e. The van der Waals surface area contributed by atoms with Gasteiger partial charge in [-0.05, 0) is 35.5 Å². The molecule has 4 rings (SSSR count). The van der Waals surface area contributed by atoms with Gasteiger partial charge in [0.25, 0.3) is 5.56 Å². The number of amides is 1. The van der Waals surface area contributed by atoms with E-state index in [4.69, 9.17) is 17.0 Å². The molecule has 0 saturated carbocycles. The van der Waals surface area contributed by atoms with Crippen LogP contribution in [0.25, 0.3) is 0 Å². The number of aromatic amines is 1. The first kappa shape index (κ1) is 18.2. The Balaban J connectivity index is 1.62. The fourth-order valence-electron chi connectivity index (χ4n) is 3.40. The first-order valence-electron chi connectivity index (χ1n) is 8.92. The van der Waals surface area contributed by atoms with Crippen LogP contribution in [-0.4, -0.2) is 15.5 Å². The van der Waals surface area contributed by atoms with Gasteiger partial charge in [-0.15, -0.1) is 0 Å². The van der Waals surface area contributed by atoms with Crippen molar-refractivity contribution in [1.29, 1.82) is 0 Å². The molecule has 0 saturated heterocycles. The van der Waals surface area contributed by atoms with Crippen molar-refractivity contribution in [2.45, 2.75) is 18.9 Å². The number of H-pyrrole nitrogens is 1. The molecule has 1 amide bonds. The van der Waals surface area contributed by atoms with Gasteiger partial charge in [0.15, 0.2) is 4.77 Å². The van der Waals surface area contributed by atoms with Crippen LogP contribution in [0.3, 0.4) is 0 Å². The maximum Gasteiger partial charge on any atom is 0.257 e. The van der Waals surface area contributed by atoms with E-state index in [2.05, 4.69) is 10.3 Å². The molecule has 2 aromatic carbocycles. The van der Waals surface area contributed by atoms with Gasteiger partial charge in [0.05, 0.1) is 5.56 Å². The van der Waals surface area contributed by atoms with Crippen LogP contribution in [0.15, 0.2) is 59.4 Å². The molecule has 1 aliphatic heterocycles. The van der Waals surface area contributed by atoms with Gasteiger partial charge >= 0.3 is 0 Å². The van der Waals surface area contributed by atoms with Gasteiger partial charge < -0.3 is 14.6 Å². The molecule has 6 nitrogen and oxygen atoms in total. The second-order valence-corrected chi connectivity index (χ2v) is 7.12. The smallest absolute Gasteiger partial charge is 0.257 e. The van der Waals surface area contributed by atoms with E-state index in [-0.39, 0.29) is 28.6 Å². The number of ether oxygens (including phenoxy) is 1. The minimum absolute atomic E-state index is 0.141. The fraction of sp³-hybridized carbons (Fsp3) is 0.190. The number of hydrogen-bond donors (Lipinski definition) is 2. The lowest BCUT2D eigenvalue weighted by atomic mass is 9.87. The average Bonchev–Trinajstić information content (AvgIpc) is 2.71. The maximum absolute atomic E-state index is 12.5. The van der Waals surface area contributed by atoms with Gasteiger partial charge in [0.1, 0.15) is 18.2 Å². The highest BCUT2D eigenvalue weighted by Crippen LogP contribution is 2.35. The third kappa shape index (κ3) is 3.48. The number of carbonyl (C=O) groups excluding carboxylic acids is 1. The topological polar surface area (TPSA) is 76.1 Å². The number of fused-ring (bicyclic) bond motifs is 1. The number of aromatic nitrogens is 2. The lowest BCUT2D eigenvalue weighted by Crippen LogP contribution is -2.33. The second-order valence-electron chi connectivity index (χ2n) is 6.73. The maximum atomic E-state index is 12.5. The lowest BCUT2D eigenvalue weighted by Gasteiger charge is -2.26. The Hall–Kier alpha value is -3.19. The Morgan fingerprint density at radius 2 is 1.82 bits per heavy atom. The number of carbonyl (C=O) groups is 1. The van der Waals surface area contributed by atoms with Crippen molar-refractivity contribution in [3.05, 3.63) is 86.4 Å². The minimum Gasteiger partial charge on any atom is -0.489 e. The minimum atomic E-state index is -0.336. The predicted octanol–water partition coefficient (Wildman–Crippen LogP) is 3.50. The summed E-state index contributed by atoms with van der Waals surface area (Å²) in [6.07, 6.45) is 0.205. The fourth-order valence-corrected chi connectivity index (χ4v) is 3.59. The molecule has 1 aromatic heterocycles. The third-order valence-electron chi connectivity index (χ3n) is 4.89. The van der Waals surface area contributed by atoms with Crippen LogP contribution in [0.4, 0.5) is 5.82 Å². The van der Waals surface area contributed by atoms with E-state index in [1.54, 1.807) is 11.6 Å². The molecule has 2 heterocycles. The zero-order valence-electron chi connectivity index (χ0n) is 15.3. The van der Waals surface area contributed by atoms with E-state index >= 15 is 0 Å². The highest BCUT2D eigenvalue weighted by molar-refractivity contribution is 7.71. The zero-order valence-corrected chi connectivity index (χ0v) is 16.1. The van der Waals surface area contributed by atoms with Crippen molar-refractivity contribution in [2.24, 2.45) is 7.05 Å². The summed E-state index contributed by atoms with van der Waals surface area (Å²) in [7, 11) is 1.72. The Kier molecular flexibility index (Phi) is 4.83. The highest BCUT2D eigenvalue weighted by atomic mass is 32.1. The Morgan fingerprint density at radius 1 is 1.11 bits per heavy atom. The molecule has 0 aliphatic carbocycles. The van der Waals surface area contributed by atoms with Crippen LogP contribution < -0.4 is 15.6 Å². The zero-order chi connectivity index (χ0) is 19.7. The van der Waals surface area contributed by atoms with E-state index in [0.29, 0.717) is 18.0 Å². The molecule has 0 radical (unpaired) electrons. The van der Waals surface area contributed by atoms with E-state index in [1.807, 2.05) is 54.6 Å². The predicted molar refractivity (Wildman–Crippen MR) is 109 cm³/mol. The van der Waals surface area contributed by atoms with Gasteiger partial charge in [-0.1, -0.05) is 42.5 Å². The Labute approximate surface area is 166 Å². The van der Waals surface area contributed by atoms with E-state index in [9.17, 15) is 9.59 Å². The third-order valence-corrected chi connectivity index (χ3v) is 5.26. The van der Waals surface area contributed by atoms with Crippen LogP contribution in [0, 0.1) is 4.77 Å². The second kappa shape index (κ2) is 7.44. The van der Waals surface area contributed by atoms with Crippen molar-refractivity contribution in [3.8, 4) is 5.75 Å². The van der Waals surface area contributed by atoms with E-state index in [1.165, 1.54) is 0 Å². The summed E-state index contributed by atoms with van der Waals surface area (Å²) in [6.45, 7) is 0.478. The van der Waals surface area contributed by atoms with Crippen LogP contribution in [0.1, 0.15) is 29.0 Å². The van der Waals surface area contributed by atoms with Crippen LogP contribution in [0.2, 0.25) is 0 Å². The van der Waals surface area contributed by atoms with Gasteiger partial charge in [-0.3, -0.25) is 14.6 Å². The molecule has 3 aromatic rings. The van der Waals surface area contributed by atoms with Gasteiger partial charge in [-0.2, -0.15) is 0 Å². The quantitative estimate of drug-likeness (QED) is 0.665. The molecule has 7 heteroatoms. The first-order valence-corrected chi connectivity index (χ1v) is 9.33. The van der Waals surface area contributed by atoms with Crippen molar-refractivity contribution >= 4 is 23.9 Å². The normalized spacial score (nSPS) is 15.6. The van der Waals surface area contributed by atoms with Crippen LogP contribution in [-0.2, 0) is 18.4 Å². The monoisotopic (exact) mass is 393 g/mol. The summed E-state index contributed by atoms with van der Waals surface area (Å²) >= 11 is 5.15. The lowest BCUT2D eigenvalue weighted by molar-refractivity contribution is -0.116. The molecule has 0 spiro atoms. The van der Waals surface area contributed by atoms with Gasteiger partial charge in [0, 0.05) is 19.4 Å². The number of benzene rings is 2. The van der Waals surface area contributed by atoms with Crippen LogP contribution in [0.5, 0.6) is 5.75 Å². The average molecular weight is 393 g/mol. The number of anilines is 1. The molecule has 2 N–H and O–H groups in total. The number of nitrogens with one attached hydrogen (secondary N) is 2. The number of hydrogen-bond acceptors (Lipinski definition) is 4. The van der Waals surface area contributed by atoms with Crippen molar-refractivity contribution in [3.63, 3.8) is 0 Å². The summed E-state index contributed by atoms with van der Waals surface area (Å²) in [6, 6.07) is 17.4. The summed E-state index contributed by atoms with van der Waals surface area (Å²) in [5.74, 6) is 0.711. The molecular weight excluding hydrogens is 374 g/mol. The molecule has 1 unspecified atom stereocenters. The molecule has 1 aliphatic rings. The molecule has 1 atom stereocenters. The van der Waals surface area contributed by atoms with Crippen LogP contribution >= 0.6 is 12.2 Å². The standard InChI is InChI=1S/C21H19N3O3S/c1-24-19-18(20(26)23-21(24)28)16(11-17(25)22-19)14-7-9-15(10-8-14)27-12-13-5-3-2-4-6-13/h2-10,16H,11-12H2,1H3,(H,22,25)(H,23,26,28). The summed E-state index contributed by atoms with van der Waals surface area (Å²) in [5.41, 5.74) is 2.22. The van der Waals surface area contributed by atoms with Gasteiger partial charge in [0.2, 0.25) is 5.91 Å². The number of nitrogens with zero attached hydrogens (tertiary/aromatic N) is 1. The van der Waals surface area contributed by atoms with Crippen molar-refractivity contribution in [2.75, 3.05) is 5.32 Å². The molecule has 0 fully saturated rings. The summed E-state index contributed by atoms with van der Waals surface area (Å²) < 4.78 is 7.71. The Bertz CT molecular complexity index is 1130. The molecular formula is C21H19N3O3S. The first-order chi connectivity index (χ1) is 13.5. The van der Waals surface area contributed by atoms with Crippen molar-refractivity contribution in [1.82, 2.24) is 9.55 Å². The Morgan fingerprint density at radius 3 is 2.54 bits per heavy atom. The summed E-state index contributed by atoms with van der Waals surface area (Å²) in [5, 5.41) is 2.77. The molecule has 142 valence electrons. The van der Waals surface area contributed by atoms with Crippen molar-refractivity contribution < 1.29 is 9.53 Å². The molecule has 0 bridgehead atoms.